The highest BCUT2D eigenvalue weighted by Crippen LogP contribution is 2.30. The van der Waals surface area contributed by atoms with E-state index in [1.54, 1.807) is 7.11 Å². The molecule has 1 aliphatic heterocycles. The molecule has 1 unspecified atom stereocenters. The standard InChI is InChI=1S/C22H27N5O3/c1-3-17-19-20(24-14-25-22(19)30-26-17)27-12-6-8-16(13-27)21(28)23-11-10-15-7-4-5-9-18(15)29-2/h4-5,7,9,14,16H,3,6,8,10-13H2,1-2H3,(H,23,28). The smallest absolute Gasteiger partial charge is 0.263 e. The molecule has 1 aromatic carbocycles. The SMILES string of the molecule is CCc1noc2ncnc(N3CCCC(C(=O)NCCc4ccccc4OC)C3)c12. The van der Waals surface area contributed by atoms with Crippen molar-refractivity contribution in [1.29, 1.82) is 0 Å². The lowest BCUT2D eigenvalue weighted by Gasteiger charge is -2.33. The molecular weight excluding hydrogens is 382 g/mol. The molecule has 0 aliphatic carbocycles. The molecule has 4 rings (SSSR count). The zero-order valence-corrected chi connectivity index (χ0v) is 17.4. The van der Waals surface area contributed by atoms with Crippen molar-refractivity contribution in [3.05, 3.63) is 41.9 Å². The fraction of sp³-hybridized carbons (Fsp3) is 0.455. The number of rotatable bonds is 7. The van der Waals surface area contributed by atoms with Crippen molar-refractivity contribution in [3.63, 3.8) is 0 Å². The summed E-state index contributed by atoms with van der Waals surface area (Å²) >= 11 is 0. The van der Waals surface area contributed by atoms with Gasteiger partial charge in [0.25, 0.3) is 5.71 Å². The molecule has 30 heavy (non-hydrogen) atoms. The molecule has 1 saturated heterocycles. The van der Waals surface area contributed by atoms with Crippen molar-refractivity contribution in [2.45, 2.75) is 32.6 Å². The van der Waals surface area contributed by atoms with Crippen LogP contribution in [-0.2, 0) is 17.6 Å². The van der Waals surface area contributed by atoms with E-state index in [4.69, 9.17) is 9.26 Å². The molecule has 8 heteroatoms. The number of nitrogens with one attached hydrogen (secondary N) is 1. The summed E-state index contributed by atoms with van der Waals surface area (Å²) in [6.07, 6.45) is 4.78. The van der Waals surface area contributed by atoms with Crippen LogP contribution in [0.4, 0.5) is 5.82 Å². The largest absolute Gasteiger partial charge is 0.496 e. The maximum absolute atomic E-state index is 12.8. The van der Waals surface area contributed by atoms with Gasteiger partial charge in [0, 0.05) is 19.6 Å². The van der Waals surface area contributed by atoms with Crippen molar-refractivity contribution in [2.75, 3.05) is 31.6 Å². The van der Waals surface area contributed by atoms with Gasteiger partial charge in [0.15, 0.2) is 0 Å². The van der Waals surface area contributed by atoms with Gasteiger partial charge in [-0.25, -0.2) is 4.98 Å². The number of aromatic nitrogens is 3. The lowest BCUT2D eigenvalue weighted by Crippen LogP contribution is -2.44. The van der Waals surface area contributed by atoms with Gasteiger partial charge in [-0.15, -0.1) is 0 Å². The summed E-state index contributed by atoms with van der Waals surface area (Å²) in [6.45, 7) is 4.09. The predicted molar refractivity (Wildman–Crippen MR) is 114 cm³/mol. The van der Waals surface area contributed by atoms with E-state index in [2.05, 4.69) is 25.3 Å². The van der Waals surface area contributed by atoms with Crippen LogP contribution in [-0.4, -0.2) is 47.8 Å². The minimum absolute atomic E-state index is 0.0774. The molecule has 0 bridgehead atoms. The van der Waals surface area contributed by atoms with Crippen LogP contribution in [0.25, 0.3) is 11.1 Å². The third kappa shape index (κ3) is 4.08. The Morgan fingerprint density at radius 2 is 2.20 bits per heavy atom. The number of fused-ring (bicyclic) bond motifs is 1. The van der Waals surface area contributed by atoms with Crippen LogP contribution in [0.2, 0.25) is 0 Å². The van der Waals surface area contributed by atoms with E-state index < -0.39 is 0 Å². The molecule has 158 valence electrons. The Hall–Kier alpha value is -3.16. The molecule has 0 spiro atoms. The summed E-state index contributed by atoms with van der Waals surface area (Å²) < 4.78 is 10.7. The van der Waals surface area contributed by atoms with Crippen LogP contribution in [0.5, 0.6) is 5.75 Å². The van der Waals surface area contributed by atoms with Crippen LogP contribution in [0, 0.1) is 5.92 Å². The van der Waals surface area contributed by atoms with Gasteiger partial charge in [-0.1, -0.05) is 30.3 Å². The van der Waals surface area contributed by atoms with Crippen molar-refractivity contribution < 1.29 is 14.1 Å². The average Bonchev–Trinajstić information content (AvgIpc) is 3.23. The van der Waals surface area contributed by atoms with E-state index in [1.807, 2.05) is 31.2 Å². The fourth-order valence-corrected chi connectivity index (χ4v) is 4.07. The molecule has 0 radical (unpaired) electrons. The maximum Gasteiger partial charge on any atom is 0.263 e. The van der Waals surface area contributed by atoms with Crippen molar-refractivity contribution >= 4 is 22.8 Å². The average molecular weight is 409 g/mol. The van der Waals surface area contributed by atoms with Gasteiger partial charge in [0.05, 0.1) is 18.7 Å². The van der Waals surface area contributed by atoms with E-state index >= 15 is 0 Å². The Labute approximate surface area is 175 Å². The highest BCUT2D eigenvalue weighted by Gasteiger charge is 2.28. The fourth-order valence-electron chi connectivity index (χ4n) is 4.07. The van der Waals surface area contributed by atoms with E-state index in [0.29, 0.717) is 18.8 Å². The Kier molecular flexibility index (Phi) is 6.11. The van der Waals surface area contributed by atoms with Gasteiger partial charge in [-0.05, 0) is 37.3 Å². The van der Waals surface area contributed by atoms with E-state index in [0.717, 1.165) is 60.4 Å². The molecular formula is C22H27N5O3. The number of hydrogen-bond acceptors (Lipinski definition) is 7. The summed E-state index contributed by atoms with van der Waals surface area (Å²) in [7, 11) is 1.66. The first-order valence-electron chi connectivity index (χ1n) is 10.4. The number of nitrogens with zero attached hydrogens (tertiary/aromatic N) is 4. The number of aryl methyl sites for hydroxylation is 1. The topological polar surface area (TPSA) is 93.4 Å². The number of para-hydroxylation sites is 1. The Morgan fingerprint density at radius 1 is 1.33 bits per heavy atom. The summed E-state index contributed by atoms with van der Waals surface area (Å²) in [5.41, 5.74) is 2.44. The first kappa shape index (κ1) is 20.1. The molecule has 0 saturated carbocycles. The number of carbonyl (C=O) groups excluding carboxylic acids is 1. The number of benzene rings is 1. The molecule has 1 N–H and O–H groups in total. The zero-order chi connectivity index (χ0) is 20.9. The Balaban J connectivity index is 1.40. The third-order valence-electron chi connectivity index (χ3n) is 5.64. The molecule has 2 aromatic heterocycles. The van der Waals surface area contributed by atoms with Gasteiger partial charge in [-0.3, -0.25) is 4.79 Å². The van der Waals surface area contributed by atoms with Crippen LogP contribution >= 0.6 is 0 Å². The number of hydrogen-bond donors (Lipinski definition) is 1. The third-order valence-corrected chi connectivity index (χ3v) is 5.64. The van der Waals surface area contributed by atoms with Crippen LogP contribution in [0.15, 0.2) is 35.1 Å². The molecule has 3 heterocycles. The van der Waals surface area contributed by atoms with Crippen molar-refractivity contribution in [1.82, 2.24) is 20.4 Å². The molecule has 3 aromatic rings. The van der Waals surface area contributed by atoms with Crippen LogP contribution in [0.3, 0.4) is 0 Å². The molecule has 8 nitrogen and oxygen atoms in total. The number of methoxy groups -OCH3 is 1. The minimum Gasteiger partial charge on any atom is -0.496 e. The van der Waals surface area contributed by atoms with Crippen LogP contribution < -0.4 is 15.0 Å². The number of anilines is 1. The lowest BCUT2D eigenvalue weighted by atomic mass is 9.96. The molecule has 1 fully saturated rings. The minimum atomic E-state index is -0.0774. The lowest BCUT2D eigenvalue weighted by molar-refractivity contribution is -0.125. The van der Waals surface area contributed by atoms with Gasteiger partial charge >= 0.3 is 0 Å². The monoisotopic (exact) mass is 409 g/mol. The first-order chi connectivity index (χ1) is 14.7. The second-order valence-corrected chi connectivity index (χ2v) is 7.50. The van der Waals surface area contributed by atoms with Gasteiger partial charge < -0.3 is 19.5 Å². The Morgan fingerprint density at radius 3 is 3.03 bits per heavy atom. The quantitative estimate of drug-likeness (QED) is 0.641. The zero-order valence-electron chi connectivity index (χ0n) is 17.4. The first-order valence-corrected chi connectivity index (χ1v) is 10.4. The highest BCUT2D eigenvalue weighted by molar-refractivity contribution is 5.88. The highest BCUT2D eigenvalue weighted by atomic mass is 16.5. The van der Waals surface area contributed by atoms with E-state index in [9.17, 15) is 4.79 Å². The van der Waals surface area contributed by atoms with E-state index in [-0.39, 0.29) is 11.8 Å². The molecule has 1 aliphatic rings. The van der Waals surface area contributed by atoms with Crippen molar-refractivity contribution in [3.8, 4) is 5.75 Å². The number of carbonyl (C=O) groups is 1. The summed E-state index contributed by atoms with van der Waals surface area (Å²) in [5, 5.41) is 8.07. The summed E-state index contributed by atoms with van der Waals surface area (Å²) in [4.78, 5) is 23.7. The van der Waals surface area contributed by atoms with Crippen molar-refractivity contribution in [2.24, 2.45) is 5.92 Å². The normalized spacial score (nSPS) is 16.6. The number of piperidine rings is 1. The van der Waals surface area contributed by atoms with Gasteiger partial charge in [0.1, 0.15) is 23.3 Å². The number of amides is 1. The molecule has 1 amide bonds. The van der Waals surface area contributed by atoms with Gasteiger partial charge in [0.2, 0.25) is 5.91 Å². The number of ether oxygens (including phenoxy) is 1. The van der Waals surface area contributed by atoms with Crippen LogP contribution in [0.1, 0.15) is 31.0 Å². The second-order valence-electron chi connectivity index (χ2n) is 7.50. The second kappa shape index (κ2) is 9.11. The summed E-state index contributed by atoms with van der Waals surface area (Å²) in [6, 6.07) is 7.89. The Bertz CT molecular complexity index is 1020. The van der Waals surface area contributed by atoms with E-state index in [1.165, 1.54) is 6.33 Å². The predicted octanol–water partition coefficient (Wildman–Crippen LogP) is 2.76. The maximum atomic E-state index is 12.8. The summed E-state index contributed by atoms with van der Waals surface area (Å²) in [5.74, 6) is 1.67. The van der Waals surface area contributed by atoms with Gasteiger partial charge in [-0.2, -0.15) is 4.98 Å². The molecule has 1 atom stereocenters.